The number of hydrogen-bond acceptors (Lipinski definition) is 2. The lowest BCUT2D eigenvalue weighted by molar-refractivity contribution is 0.230. The summed E-state index contributed by atoms with van der Waals surface area (Å²) >= 11 is 0. The summed E-state index contributed by atoms with van der Waals surface area (Å²) in [5, 5.41) is 11.9. The first-order chi connectivity index (χ1) is 4.33. The zero-order valence-electron chi connectivity index (χ0n) is 5.97. The van der Waals surface area contributed by atoms with Gasteiger partial charge in [0.1, 0.15) is 0 Å². The lowest BCUT2D eigenvalue weighted by atomic mass is 9.97. The van der Waals surface area contributed by atoms with Crippen LogP contribution in [-0.4, -0.2) is 18.2 Å². The third-order valence-electron chi connectivity index (χ3n) is 2.06. The van der Waals surface area contributed by atoms with Crippen LogP contribution in [0, 0.1) is 11.1 Å². The summed E-state index contributed by atoms with van der Waals surface area (Å²) in [6, 6.07) is 0. The van der Waals surface area contributed by atoms with Gasteiger partial charge in [0.05, 0.1) is 0 Å². The molecule has 0 aromatic heterocycles. The van der Waals surface area contributed by atoms with E-state index >= 15 is 0 Å². The number of nitrogens with zero attached hydrogens (tertiary/aromatic N) is 1. The lowest BCUT2D eigenvalue weighted by Gasteiger charge is -2.36. The molecule has 1 aliphatic heterocycles. The highest BCUT2D eigenvalue weighted by Crippen LogP contribution is 2.17. The minimum Gasteiger partial charge on any atom is -0.785 e. The quantitative estimate of drug-likeness (QED) is 0.536. The smallest absolute Gasteiger partial charge is 0.0116 e. The Morgan fingerprint density at radius 3 is 2.89 bits per heavy atom. The first-order valence-electron chi connectivity index (χ1n) is 3.75. The van der Waals surface area contributed by atoms with E-state index in [2.05, 4.69) is 6.92 Å². The molecule has 1 fully saturated rings. The first-order valence-corrected chi connectivity index (χ1v) is 3.75. The third-order valence-corrected chi connectivity index (χ3v) is 2.06. The molecule has 54 valence electrons. The van der Waals surface area contributed by atoms with E-state index in [0.29, 0.717) is 5.92 Å². The van der Waals surface area contributed by atoms with Crippen molar-refractivity contribution in [3.63, 3.8) is 0 Å². The highest BCUT2D eigenvalue weighted by atomic mass is 16.5. The highest BCUT2D eigenvalue weighted by Gasteiger charge is 2.11. The second-order valence-corrected chi connectivity index (χ2v) is 2.80. The Bertz CT molecular complexity index is 85.0. The van der Waals surface area contributed by atoms with E-state index in [0.717, 1.165) is 19.5 Å². The molecule has 2 heteroatoms. The molecule has 1 aliphatic rings. The molecular weight excluding hydrogens is 114 g/mol. The van der Waals surface area contributed by atoms with Crippen molar-refractivity contribution in [1.82, 2.24) is 5.06 Å². The fourth-order valence-electron chi connectivity index (χ4n) is 1.36. The second kappa shape index (κ2) is 3.18. The Balaban J connectivity index is 2.23. The van der Waals surface area contributed by atoms with Crippen molar-refractivity contribution < 1.29 is 0 Å². The molecule has 1 saturated heterocycles. The van der Waals surface area contributed by atoms with Crippen LogP contribution in [0.4, 0.5) is 0 Å². The number of hydroxylamine groups is 2. The predicted octanol–water partition coefficient (Wildman–Crippen LogP) is 1.61. The summed E-state index contributed by atoms with van der Waals surface area (Å²) in [6.45, 7) is 3.69. The van der Waals surface area contributed by atoms with Gasteiger partial charge in [-0.3, -0.25) is 0 Å². The summed E-state index contributed by atoms with van der Waals surface area (Å²) < 4.78 is 0. The molecule has 0 bridgehead atoms. The van der Waals surface area contributed by atoms with Crippen LogP contribution in [0.1, 0.15) is 26.2 Å². The van der Waals surface area contributed by atoms with Gasteiger partial charge in [-0.05, 0) is 31.8 Å². The van der Waals surface area contributed by atoms with Crippen molar-refractivity contribution in [2.24, 2.45) is 5.92 Å². The lowest BCUT2D eigenvalue weighted by Crippen LogP contribution is -2.30. The average Bonchev–Trinajstić information content (AvgIpc) is 1.88. The summed E-state index contributed by atoms with van der Waals surface area (Å²) in [4.78, 5) is 0. The zero-order valence-corrected chi connectivity index (χ0v) is 5.97. The molecule has 1 heterocycles. The number of rotatable bonds is 1. The maximum Gasteiger partial charge on any atom is -0.0116 e. The average molecular weight is 128 g/mol. The van der Waals surface area contributed by atoms with Gasteiger partial charge in [0.25, 0.3) is 0 Å². The van der Waals surface area contributed by atoms with Crippen LogP contribution < -0.4 is 0 Å². The molecule has 9 heavy (non-hydrogen) atoms. The fourth-order valence-corrected chi connectivity index (χ4v) is 1.36. The molecule has 0 aromatic carbocycles. The zero-order chi connectivity index (χ0) is 6.69. The molecule has 0 N–H and O–H groups in total. The molecule has 0 spiro atoms. The van der Waals surface area contributed by atoms with Crippen molar-refractivity contribution in [1.29, 1.82) is 0 Å². The molecule has 1 atom stereocenters. The summed E-state index contributed by atoms with van der Waals surface area (Å²) in [5.74, 6) is 0.677. The van der Waals surface area contributed by atoms with Gasteiger partial charge in [-0.15, -0.1) is 0 Å². The van der Waals surface area contributed by atoms with Gasteiger partial charge in [0, 0.05) is 0 Å². The molecule has 1 rings (SSSR count). The number of hydrogen-bond donors (Lipinski definition) is 0. The first kappa shape index (κ1) is 7.03. The predicted molar refractivity (Wildman–Crippen MR) is 38.0 cm³/mol. The Morgan fingerprint density at radius 2 is 2.44 bits per heavy atom. The van der Waals surface area contributed by atoms with E-state index in [1.807, 2.05) is 0 Å². The Kier molecular flexibility index (Phi) is 2.49. The van der Waals surface area contributed by atoms with Gasteiger partial charge in [-0.1, -0.05) is 13.3 Å². The molecule has 1 unspecified atom stereocenters. The van der Waals surface area contributed by atoms with Crippen molar-refractivity contribution in [3.05, 3.63) is 5.21 Å². The van der Waals surface area contributed by atoms with Gasteiger partial charge in [-0.2, -0.15) is 0 Å². The normalized spacial score (nSPS) is 30.7. The summed E-state index contributed by atoms with van der Waals surface area (Å²) in [5.41, 5.74) is 0. The summed E-state index contributed by atoms with van der Waals surface area (Å²) in [7, 11) is 0. The number of piperidine rings is 1. The van der Waals surface area contributed by atoms with Gasteiger partial charge in [0.2, 0.25) is 0 Å². The van der Waals surface area contributed by atoms with E-state index in [4.69, 9.17) is 0 Å². The molecule has 2 nitrogen and oxygen atoms in total. The fraction of sp³-hybridized carbons (Fsp3) is 1.00. The molecule has 0 aliphatic carbocycles. The molecule has 0 saturated carbocycles. The van der Waals surface area contributed by atoms with Crippen LogP contribution in [-0.2, 0) is 0 Å². The molecule has 0 radical (unpaired) electrons. The van der Waals surface area contributed by atoms with E-state index < -0.39 is 0 Å². The van der Waals surface area contributed by atoms with E-state index in [9.17, 15) is 5.21 Å². The van der Waals surface area contributed by atoms with Crippen molar-refractivity contribution in [2.75, 3.05) is 13.1 Å². The van der Waals surface area contributed by atoms with Crippen molar-refractivity contribution >= 4 is 0 Å². The highest BCUT2D eigenvalue weighted by molar-refractivity contribution is 4.71. The molecule has 0 aromatic rings. The summed E-state index contributed by atoms with van der Waals surface area (Å²) in [6.07, 6.45) is 3.52. The minimum atomic E-state index is 0.677. The maximum absolute atomic E-state index is 10.7. The third kappa shape index (κ3) is 1.95. The minimum absolute atomic E-state index is 0.677. The van der Waals surface area contributed by atoms with Crippen LogP contribution in [0.15, 0.2) is 0 Å². The van der Waals surface area contributed by atoms with Gasteiger partial charge >= 0.3 is 0 Å². The van der Waals surface area contributed by atoms with Crippen molar-refractivity contribution in [2.45, 2.75) is 26.2 Å². The monoisotopic (exact) mass is 128 g/mol. The van der Waals surface area contributed by atoms with Crippen LogP contribution in [0.25, 0.3) is 0 Å². The van der Waals surface area contributed by atoms with Gasteiger partial charge < -0.3 is 10.3 Å². The van der Waals surface area contributed by atoms with E-state index in [1.54, 1.807) is 0 Å². The van der Waals surface area contributed by atoms with Crippen LogP contribution in [0.3, 0.4) is 0 Å². The van der Waals surface area contributed by atoms with Gasteiger partial charge in [0.15, 0.2) is 0 Å². The van der Waals surface area contributed by atoms with Crippen molar-refractivity contribution in [3.8, 4) is 0 Å². The van der Waals surface area contributed by atoms with Crippen LogP contribution in [0.2, 0.25) is 0 Å². The maximum atomic E-state index is 10.7. The standard InChI is InChI=1S/C7H14NO/c1-2-7-4-3-5-8(9)6-7/h7H,2-6H2,1H3/q-1. The van der Waals surface area contributed by atoms with Crippen LogP contribution in [0.5, 0.6) is 0 Å². The van der Waals surface area contributed by atoms with Gasteiger partial charge in [-0.25, -0.2) is 0 Å². The van der Waals surface area contributed by atoms with Crippen LogP contribution >= 0.6 is 0 Å². The van der Waals surface area contributed by atoms with E-state index in [1.165, 1.54) is 17.9 Å². The Hall–Kier alpha value is -0.0800. The topological polar surface area (TPSA) is 26.3 Å². The molecule has 0 amide bonds. The molecular formula is C7H14NO-. The Labute approximate surface area is 56.4 Å². The largest absolute Gasteiger partial charge is 0.785 e. The SMILES string of the molecule is CCC1CCCN([O-])C1. The Morgan fingerprint density at radius 1 is 1.67 bits per heavy atom. The van der Waals surface area contributed by atoms with E-state index in [-0.39, 0.29) is 0 Å². The second-order valence-electron chi connectivity index (χ2n) is 2.80.